The SMILES string of the molecule is C1=CC(c2nc3ncncc3[nH]2)OC1. The van der Waals surface area contributed by atoms with Crippen molar-refractivity contribution in [3.8, 4) is 0 Å². The Labute approximate surface area is 79.9 Å². The second kappa shape index (κ2) is 2.88. The summed E-state index contributed by atoms with van der Waals surface area (Å²) in [5.74, 6) is 0.786. The summed E-state index contributed by atoms with van der Waals surface area (Å²) in [4.78, 5) is 15.4. The van der Waals surface area contributed by atoms with Crippen molar-refractivity contribution in [2.75, 3.05) is 6.61 Å². The van der Waals surface area contributed by atoms with Crippen molar-refractivity contribution in [1.29, 1.82) is 0 Å². The van der Waals surface area contributed by atoms with E-state index in [1.165, 1.54) is 6.33 Å². The maximum atomic E-state index is 5.42. The molecule has 14 heavy (non-hydrogen) atoms. The van der Waals surface area contributed by atoms with Gasteiger partial charge in [0.1, 0.15) is 23.8 Å². The summed E-state index contributed by atoms with van der Waals surface area (Å²) in [7, 11) is 0. The second-order valence-electron chi connectivity index (χ2n) is 3.06. The van der Waals surface area contributed by atoms with Crippen LogP contribution in [0.5, 0.6) is 0 Å². The fourth-order valence-electron chi connectivity index (χ4n) is 1.48. The quantitative estimate of drug-likeness (QED) is 0.677. The van der Waals surface area contributed by atoms with E-state index < -0.39 is 0 Å². The third kappa shape index (κ3) is 1.10. The van der Waals surface area contributed by atoms with Gasteiger partial charge in [0.05, 0.1) is 12.8 Å². The van der Waals surface area contributed by atoms with E-state index in [0.29, 0.717) is 12.3 Å². The van der Waals surface area contributed by atoms with Crippen LogP contribution in [0.3, 0.4) is 0 Å². The smallest absolute Gasteiger partial charge is 0.180 e. The molecule has 1 N–H and O–H groups in total. The van der Waals surface area contributed by atoms with Crippen molar-refractivity contribution in [3.63, 3.8) is 0 Å². The van der Waals surface area contributed by atoms with Crippen molar-refractivity contribution in [2.45, 2.75) is 6.10 Å². The zero-order chi connectivity index (χ0) is 9.38. The number of imidazole rings is 1. The van der Waals surface area contributed by atoms with Crippen LogP contribution in [0.15, 0.2) is 24.7 Å². The lowest BCUT2D eigenvalue weighted by molar-refractivity contribution is 0.123. The standard InChI is InChI=1S/C9H8N4O/c1-2-7(14-3-1)9-12-6-4-10-5-11-8(6)13-9/h1-2,4-5,7H,3H2,(H,10,11,12,13). The number of fused-ring (bicyclic) bond motifs is 1. The van der Waals surface area contributed by atoms with Crippen LogP contribution in [0.2, 0.25) is 0 Å². The van der Waals surface area contributed by atoms with E-state index >= 15 is 0 Å². The maximum Gasteiger partial charge on any atom is 0.180 e. The molecule has 70 valence electrons. The van der Waals surface area contributed by atoms with Gasteiger partial charge in [0.15, 0.2) is 5.65 Å². The number of aromatic nitrogens is 4. The van der Waals surface area contributed by atoms with Gasteiger partial charge in [-0.05, 0) is 0 Å². The summed E-state index contributed by atoms with van der Waals surface area (Å²) in [5, 5.41) is 0. The van der Waals surface area contributed by atoms with E-state index in [1.54, 1.807) is 6.20 Å². The molecule has 2 aromatic heterocycles. The average Bonchev–Trinajstić information content (AvgIpc) is 2.86. The van der Waals surface area contributed by atoms with Crippen LogP contribution in [0.4, 0.5) is 0 Å². The van der Waals surface area contributed by atoms with Gasteiger partial charge in [-0.1, -0.05) is 12.2 Å². The minimum atomic E-state index is -0.0656. The summed E-state index contributed by atoms with van der Waals surface area (Å²) >= 11 is 0. The zero-order valence-corrected chi connectivity index (χ0v) is 7.34. The minimum Gasteiger partial charge on any atom is -0.362 e. The molecule has 1 unspecified atom stereocenters. The first kappa shape index (κ1) is 7.64. The summed E-state index contributed by atoms with van der Waals surface area (Å²) < 4.78 is 5.42. The van der Waals surface area contributed by atoms with Gasteiger partial charge in [-0.3, -0.25) is 0 Å². The van der Waals surface area contributed by atoms with E-state index in [-0.39, 0.29) is 6.10 Å². The molecule has 0 amide bonds. The molecule has 5 heteroatoms. The molecule has 5 nitrogen and oxygen atoms in total. The highest BCUT2D eigenvalue weighted by Gasteiger charge is 2.16. The van der Waals surface area contributed by atoms with Crippen LogP contribution in [0, 0.1) is 0 Å². The van der Waals surface area contributed by atoms with E-state index in [9.17, 15) is 0 Å². The van der Waals surface area contributed by atoms with Gasteiger partial charge in [0.2, 0.25) is 0 Å². The molecule has 1 atom stereocenters. The first-order chi connectivity index (χ1) is 6.93. The van der Waals surface area contributed by atoms with Gasteiger partial charge >= 0.3 is 0 Å². The number of H-pyrrole nitrogens is 1. The Bertz CT molecular complexity index is 457. The molecule has 0 aliphatic carbocycles. The van der Waals surface area contributed by atoms with E-state index in [2.05, 4.69) is 19.9 Å². The lowest BCUT2D eigenvalue weighted by Gasteiger charge is -2.02. The van der Waals surface area contributed by atoms with E-state index in [1.807, 2.05) is 12.2 Å². The average molecular weight is 188 g/mol. The number of hydrogen-bond donors (Lipinski definition) is 1. The first-order valence-corrected chi connectivity index (χ1v) is 4.37. The van der Waals surface area contributed by atoms with Gasteiger partial charge in [0, 0.05) is 0 Å². The first-order valence-electron chi connectivity index (χ1n) is 4.37. The lowest BCUT2D eigenvalue weighted by atomic mass is 10.3. The largest absolute Gasteiger partial charge is 0.362 e. The Morgan fingerprint density at radius 2 is 2.50 bits per heavy atom. The van der Waals surface area contributed by atoms with Crippen LogP contribution in [-0.2, 0) is 4.74 Å². The third-order valence-electron chi connectivity index (χ3n) is 2.13. The molecule has 0 spiro atoms. The number of ether oxygens (including phenoxy) is 1. The lowest BCUT2D eigenvalue weighted by Crippen LogP contribution is -1.97. The molecule has 0 saturated carbocycles. The molecule has 3 rings (SSSR count). The van der Waals surface area contributed by atoms with E-state index in [4.69, 9.17) is 4.74 Å². The van der Waals surface area contributed by atoms with Gasteiger partial charge in [-0.15, -0.1) is 0 Å². The van der Waals surface area contributed by atoms with Crippen LogP contribution in [-0.4, -0.2) is 26.5 Å². The number of aromatic amines is 1. The van der Waals surface area contributed by atoms with Crippen molar-refractivity contribution < 1.29 is 4.74 Å². The van der Waals surface area contributed by atoms with Crippen molar-refractivity contribution in [2.24, 2.45) is 0 Å². The van der Waals surface area contributed by atoms with Crippen LogP contribution >= 0.6 is 0 Å². The molecular weight excluding hydrogens is 180 g/mol. The molecule has 2 aromatic rings. The number of nitrogens with zero attached hydrogens (tertiary/aromatic N) is 3. The molecule has 0 bridgehead atoms. The van der Waals surface area contributed by atoms with Crippen molar-refractivity contribution in [1.82, 2.24) is 19.9 Å². The Morgan fingerprint density at radius 1 is 1.50 bits per heavy atom. The summed E-state index contributed by atoms with van der Waals surface area (Å²) in [6, 6.07) is 0. The van der Waals surface area contributed by atoms with Crippen LogP contribution in [0.25, 0.3) is 11.2 Å². The number of rotatable bonds is 1. The maximum absolute atomic E-state index is 5.42. The molecule has 0 saturated heterocycles. The topological polar surface area (TPSA) is 63.7 Å². The molecular formula is C9H8N4O. The molecule has 0 aromatic carbocycles. The van der Waals surface area contributed by atoms with Gasteiger partial charge in [0.25, 0.3) is 0 Å². The molecule has 1 aliphatic heterocycles. The predicted molar refractivity (Wildman–Crippen MR) is 49.5 cm³/mol. The predicted octanol–water partition coefficient (Wildman–Crippen LogP) is 0.980. The van der Waals surface area contributed by atoms with E-state index in [0.717, 1.165) is 11.3 Å². The molecule has 3 heterocycles. The Kier molecular flexibility index (Phi) is 1.57. The monoisotopic (exact) mass is 188 g/mol. The summed E-state index contributed by atoms with van der Waals surface area (Å²) in [6.45, 7) is 0.646. The Hall–Kier alpha value is -1.75. The number of nitrogens with one attached hydrogen (secondary N) is 1. The zero-order valence-electron chi connectivity index (χ0n) is 7.34. The normalized spacial score (nSPS) is 20.7. The van der Waals surface area contributed by atoms with Crippen molar-refractivity contribution >= 4 is 11.2 Å². The molecule has 1 aliphatic rings. The van der Waals surface area contributed by atoms with Crippen LogP contribution < -0.4 is 0 Å². The van der Waals surface area contributed by atoms with Crippen molar-refractivity contribution in [3.05, 3.63) is 30.5 Å². The highest BCUT2D eigenvalue weighted by Crippen LogP contribution is 2.21. The molecule has 0 fully saturated rings. The highest BCUT2D eigenvalue weighted by molar-refractivity contribution is 5.68. The summed E-state index contributed by atoms with van der Waals surface area (Å²) in [5.41, 5.74) is 1.52. The fraction of sp³-hybridized carbons (Fsp3) is 0.222. The minimum absolute atomic E-state index is 0.0656. The fourth-order valence-corrected chi connectivity index (χ4v) is 1.48. The molecule has 0 radical (unpaired) electrons. The van der Waals surface area contributed by atoms with Gasteiger partial charge < -0.3 is 9.72 Å². The van der Waals surface area contributed by atoms with Crippen LogP contribution in [0.1, 0.15) is 11.9 Å². The second-order valence-corrected chi connectivity index (χ2v) is 3.06. The van der Waals surface area contributed by atoms with Gasteiger partial charge in [-0.2, -0.15) is 0 Å². The highest BCUT2D eigenvalue weighted by atomic mass is 16.5. The third-order valence-corrected chi connectivity index (χ3v) is 2.13. The van der Waals surface area contributed by atoms with Gasteiger partial charge in [-0.25, -0.2) is 15.0 Å². The Balaban J connectivity index is 2.09. The summed E-state index contributed by atoms with van der Waals surface area (Å²) in [6.07, 6.45) is 7.08. The number of hydrogen-bond acceptors (Lipinski definition) is 4. The Morgan fingerprint density at radius 3 is 3.29 bits per heavy atom.